The van der Waals surface area contributed by atoms with Gasteiger partial charge in [0.1, 0.15) is 6.10 Å². The molecule has 1 aliphatic carbocycles. The SMILES string of the molecule is CCC(=O)O[C@H]1CC[C@H](NC)CC1. The first kappa shape index (κ1) is 10.5. The second-order valence-corrected chi connectivity index (χ2v) is 3.61. The van der Waals surface area contributed by atoms with Crippen LogP contribution in [0.4, 0.5) is 0 Å². The van der Waals surface area contributed by atoms with Crippen LogP contribution >= 0.6 is 0 Å². The molecule has 1 fully saturated rings. The van der Waals surface area contributed by atoms with Gasteiger partial charge in [-0.2, -0.15) is 0 Å². The second kappa shape index (κ2) is 5.22. The summed E-state index contributed by atoms with van der Waals surface area (Å²) in [4.78, 5) is 11.0. The third-order valence-corrected chi connectivity index (χ3v) is 2.67. The molecule has 1 saturated carbocycles. The normalized spacial score (nSPS) is 28.5. The van der Waals surface area contributed by atoms with E-state index in [2.05, 4.69) is 5.32 Å². The molecule has 1 N–H and O–H groups in total. The monoisotopic (exact) mass is 185 g/mol. The first-order chi connectivity index (χ1) is 6.26. The number of ether oxygens (including phenoxy) is 1. The van der Waals surface area contributed by atoms with Crippen molar-refractivity contribution in [3.63, 3.8) is 0 Å². The fourth-order valence-electron chi connectivity index (χ4n) is 1.74. The fourth-order valence-corrected chi connectivity index (χ4v) is 1.74. The number of esters is 1. The van der Waals surface area contributed by atoms with Crippen LogP contribution in [0.2, 0.25) is 0 Å². The van der Waals surface area contributed by atoms with Crippen LogP contribution in [0.1, 0.15) is 39.0 Å². The Morgan fingerprint density at radius 1 is 1.38 bits per heavy atom. The van der Waals surface area contributed by atoms with E-state index >= 15 is 0 Å². The van der Waals surface area contributed by atoms with Crippen molar-refractivity contribution in [2.24, 2.45) is 0 Å². The van der Waals surface area contributed by atoms with Gasteiger partial charge in [-0.1, -0.05) is 6.92 Å². The molecule has 0 spiro atoms. The number of carbonyl (C=O) groups excluding carboxylic acids is 1. The number of rotatable bonds is 3. The lowest BCUT2D eigenvalue weighted by atomic mass is 9.93. The number of hydrogen-bond donors (Lipinski definition) is 1. The lowest BCUT2D eigenvalue weighted by Crippen LogP contribution is -2.33. The van der Waals surface area contributed by atoms with E-state index in [0.29, 0.717) is 12.5 Å². The van der Waals surface area contributed by atoms with Crippen LogP contribution in [0.5, 0.6) is 0 Å². The van der Waals surface area contributed by atoms with E-state index in [-0.39, 0.29) is 12.1 Å². The van der Waals surface area contributed by atoms with Gasteiger partial charge in [-0.05, 0) is 32.7 Å². The van der Waals surface area contributed by atoms with Crippen molar-refractivity contribution >= 4 is 5.97 Å². The molecule has 3 nitrogen and oxygen atoms in total. The van der Waals surface area contributed by atoms with Gasteiger partial charge in [-0.3, -0.25) is 4.79 Å². The predicted molar refractivity (Wildman–Crippen MR) is 51.5 cm³/mol. The Labute approximate surface area is 79.8 Å². The third-order valence-electron chi connectivity index (χ3n) is 2.67. The summed E-state index contributed by atoms with van der Waals surface area (Å²) in [5, 5.41) is 3.25. The Balaban J connectivity index is 2.21. The lowest BCUT2D eigenvalue weighted by molar-refractivity contribution is -0.150. The second-order valence-electron chi connectivity index (χ2n) is 3.61. The van der Waals surface area contributed by atoms with Gasteiger partial charge < -0.3 is 10.1 Å². The largest absolute Gasteiger partial charge is 0.462 e. The minimum atomic E-state index is -0.0621. The van der Waals surface area contributed by atoms with E-state index < -0.39 is 0 Å². The molecular formula is C10H19NO2. The topological polar surface area (TPSA) is 38.3 Å². The molecule has 0 aromatic heterocycles. The third kappa shape index (κ3) is 3.35. The van der Waals surface area contributed by atoms with Crippen molar-refractivity contribution in [3.8, 4) is 0 Å². The highest BCUT2D eigenvalue weighted by molar-refractivity contribution is 5.69. The summed E-state index contributed by atoms with van der Waals surface area (Å²) in [6.45, 7) is 1.83. The van der Waals surface area contributed by atoms with Gasteiger partial charge in [0.2, 0.25) is 0 Å². The molecule has 76 valence electrons. The molecule has 0 radical (unpaired) electrons. The molecule has 0 atom stereocenters. The van der Waals surface area contributed by atoms with Gasteiger partial charge in [0, 0.05) is 12.5 Å². The van der Waals surface area contributed by atoms with E-state index in [1.165, 1.54) is 0 Å². The minimum absolute atomic E-state index is 0.0621. The Hall–Kier alpha value is -0.570. The maximum Gasteiger partial charge on any atom is 0.305 e. The maximum atomic E-state index is 11.0. The zero-order valence-corrected chi connectivity index (χ0v) is 8.51. The van der Waals surface area contributed by atoms with Crippen LogP contribution in [0.3, 0.4) is 0 Å². The summed E-state index contributed by atoms with van der Waals surface area (Å²) >= 11 is 0. The summed E-state index contributed by atoms with van der Waals surface area (Å²) in [6, 6.07) is 0.622. The van der Waals surface area contributed by atoms with Crippen molar-refractivity contribution in [2.75, 3.05) is 7.05 Å². The fraction of sp³-hybridized carbons (Fsp3) is 0.900. The average Bonchev–Trinajstić information content (AvgIpc) is 2.19. The van der Waals surface area contributed by atoms with Crippen molar-refractivity contribution in [2.45, 2.75) is 51.2 Å². The van der Waals surface area contributed by atoms with Gasteiger partial charge in [0.25, 0.3) is 0 Å². The first-order valence-corrected chi connectivity index (χ1v) is 5.13. The molecule has 1 aliphatic rings. The molecule has 3 heteroatoms. The van der Waals surface area contributed by atoms with E-state index in [9.17, 15) is 4.79 Å². The Morgan fingerprint density at radius 2 is 2.00 bits per heavy atom. The lowest BCUT2D eigenvalue weighted by Gasteiger charge is -2.27. The Kier molecular flexibility index (Phi) is 4.22. The van der Waals surface area contributed by atoms with Gasteiger partial charge in [-0.15, -0.1) is 0 Å². The van der Waals surface area contributed by atoms with Crippen molar-refractivity contribution in [3.05, 3.63) is 0 Å². The summed E-state index contributed by atoms with van der Waals surface area (Å²) < 4.78 is 5.27. The molecule has 13 heavy (non-hydrogen) atoms. The summed E-state index contributed by atoms with van der Waals surface area (Å²) in [7, 11) is 1.99. The molecule has 0 aromatic carbocycles. The molecule has 0 amide bonds. The van der Waals surface area contributed by atoms with Gasteiger partial charge in [-0.25, -0.2) is 0 Å². The maximum absolute atomic E-state index is 11.0. The smallest absolute Gasteiger partial charge is 0.305 e. The van der Waals surface area contributed by atoms with Crippen LogP contribution in [0, 0.1) is 0 Å². The predicted octanol–water partition coefficient (Wildman–Crippen LogP) is 1.47. The molecule has 0 heterocycles. The van der Waals surface area contributed by atoms with E-state index in [4.69, 9.17) is 4.74 Å². The quantitative estimate of drug-likeness (QED) is 0.677. The minimum Gasteiger partial charge on any atom is -0.462 e. The van der Waals surface area contributed by atoms with Gasteiger partial charge in [0.05, 0.1) is 0 Å². The van der Waals surface area contributed by atoms with Crippen LogP contribution in [-0.4, -0.2) is 25.2 Å². The number of hydrogen-bond acceptors (Lipinski definition) is 3. The van der Waals surface area contributed by atoms with E-state index in [1.54, 1.807) is 0 Å². The Bertz CT molecular complexity index is 162. The summed E-state index contributed by atoms with van der Waals surface area (Å²) in [6.07, 6.45) is 4.94. The molecule has 0 bridgehead atoms. The Morgan fingerprint density at radius 3 is 2.46 bits per heavy atom. The molecule has 0 aromatic rings. The van der Waals surface area contributed by atoms with Crippen molar-refractivity contribution in [1.82, 2.24) is 5.32 Å². The van der Waals surface area contributed by atoms with Crippen LogP contribution in [0.25, 0.3) is 0 Å². The molecular weight excluding hydrogens is 166 g/mol. The summed E-state index contributed by atoms with van der Waals surface area (Å²) in [5.41, 5.74) is 0. The van der Waals surface area contributed by atoms with Crippen LogP contribution in [-0.2, 0) is 9.53 Å². The molecule has 0 saturated heterocycles. The van der Waals surface area contributed by atoms with Crippen LogP contribution in [0.15, 0.2) is 0 Å². The number of nitrogens with one attached hydrogen (secondary N) is 1. The van der Waals surface area contributed by atoms with Gasteiger partial charge in [0.15, 0.2) is 0 Å². The molecule has 0 aliphatic heterocycles. The van der Waals surface area contributed by atoms with E-state index in [1.807, 2.05) is 14.0 Å². The average molecular weight is 185 g/mol. The highest BCUT2D eigenvalue weighted by Gasteiger charge is 2.22. The van der Waals surface area contributed by atoms with E-state index in [0.717, 1.165) is 25.7 Å². The van der Waals surface area contributed by atoms with Crippen molar-refractivity contribution in [1.29, 1.82) is 0 Å². The van der Waals surface area contributed by atoms with Crippen molar-refractivity contribution < 1.29 is 9.53 Å². The van der Waals surface area contributed by atoms with Crippen LogP contribution < -0.4 is 5.32 Å². The zero-order valence-electron chi connectivity index (χ0n) is 8.51. The first-order valence-electron chi connectivity index (χ1n) is 5.13. The highest BCUT2D eigenvalue weighted by atomic mass is 16.5. The summed E-state index contributed by atoms with van der Waals surface area (Å²) in [5.74, 6) is -0.0621. The highest BCUT2D eigenvalue weighted by Crippen LogP contribution is 2.21. The zero-order chi connectivity index (χ0) is 9.68. The molecule has 1 rings (SSSR count). The number of carbonyl (C=O) groups is 1. The molecule has 0 unspecified atom stereocenters. The van der Waals surface area contributed by atoms with Gasteiger partial charge >= 0.3 is 5.97 Å². The standard InChI is InChI=1S/C10H19NO2/c1-3-10(12)13-9-6-4-8(11-2)5-7-9/h8-9,11H,3-7H2,1-2H3/t8-,9-.